The van der Waals surface area contributed by atoms with Crippen LogP contribution in [0.5, 0.6) is 0 Å². The molecule has 19 heteroatoms. The van der Waals surface area contributed by atoms with Crippen LogP contribution in [-0.2, 0) is 112 Å². The quantitative estimate of drug-likeness (QED) is 0.0595. The Morgan fingerprint density at radius 1 is 0.479 bits per heavy atom. The number of fused-ring (bicyclic) bond motifs is 6. The Balaban J connectivity index is 0.000000157. The second kappa shape index (κ2) is 23.7. The molecule has 0 radical (unpaired) electrons. The van der Waals surface area contributed by atoms with Gasteiger partial charge in [-0.25, -0.2) is 53.8 Å². The third kappa shape index (κ3) is 14.2. The fourth-order valence-corrected chi connectivity index (χ4v) is 13.8. The van der Waals surface area contributed by atoms with Crippen molar-refractivity contribution < 1.29 is 44.4 Å². The Kier molecular flexibility index (Phi) is 18.0. The van der Waals surface area contributed by atoms with Crippen LogP contribution in [0, 0.1) is 0 Å². The second-order valence-corrected chi connectivity index (χ2v) is 25.1. The van der Waals surface area contributed by atoms with Crippen LogP contribution in [-0.4, -0.2) is 73.8 Å². The summed E-state index contributed by atoms with van der Waals surface area (Å²) in [6.07, 6.45) is 20.2. The largest absolute Gasteiger partial charge is 0.381 e. The molecule has 16 nitrogen and oxygen atoms in total. The molecule has 0 saturated carbocycles. The van der Waals surface area contributed by atoms with Gasteiger partial charge in [-0.15, -0.1) is 6.58 Å². The first-order chi connectivity index (χ1) is 33.9. The summed E-state index contributed by atoms with van der Waals surface area (Å²) in [6, 6.07) is 4.86. The van der Waals surface area contributed by atoms with E-state index in [1.165, 1.54) is 66.8 Å². The normalized spacial score (nSPS) is 15.9. The Labute approximate surface area is 420 Å². The predicted octanol–water partition coefficient (Wildman–Crippen LogP) is 8.15. The average molecular weight is 1040 g/mol. The number of carbonyl (C=O) groups excluding carboxylic acids is 3. The van der Waals surface area contributed by atoms with Crippen molar-refractivity contribution >= 4 is 65.2 Å². The SMILES string of the molecule is C=C(C)CCS(=O)(=O)NC(=O)Nc1c2c(cc3c1CCC3)CCC2.CCCCS(=O)(=O)NC(=O)Nc1c2c(cc3c1CCC3)CCC2.CCOCCS(=O)(=O)NC(=O)Nc1c2c(cc3c1CCC3)CCC2. The zero-order valence-electron chi connectivity index (χ0n) is 41.6. The molecule has 0 aliphatic heterocycles. The molecule has 0 unspecified atom stereocenters. The Morgan fingerprint density at radius 2 is 0.775 bits per heavy atom. The first kappa shape index (κ1) is 53.8. The number of anilines is 3. The predicted molar refractivity (Wildman–Crippen MR) is 280 cm³/mol. The molecule has 6 N–H and O–H groups in total. The molecule has 0 atom stereocenters. The van der Waals surface area contributed by atoms with Gasteiger partial charge < -0.3 is 20.7 Å². The highest BCUT2D eigenvalue weighted by Gasteiger charge is 2.29. The van der Waals surface area contributed by atoms with Gasteiger partial charge in [0.05, 0.1) is 23.9 Å². The van der Waals surface area contributed by atoms with E-state index in [0.717, 1.165) is 145 Å². The van der Waals surface area contributed by atoms with Crippen molar-refractivity contribution in [2.75, 3.05) is 46.4 Å². The second-order valence-electron chi connectivity index (χ2n) is 19.6. The molecule has 0 spiro atoms. The van der Waals surface area contributed by atoms with Crippen molar-refractivity contribution in [1.29, 1.82) is 0 Å². The highest BCUT2D eigenvalue weighted by Crippen LogP contribution is 2.41. The van der Waals surface area contributed by atoms with Crippen LogP contribution in [0.2, 0.25) is 0 Å². The minimum atomic E-state index is -3.69. The summed E-state index contributed by atoms with van der Waals surface area (Å²) in [5.74, 6) is -0.359. The van der Waals surface area contributed by atoms with Crippen molar-refractivity contribution in [3.63, 3.8) is 0 Å². The molecular formula is C52H72N6O10S3. The fraction of sp³-hybridized carbons (Fsp3) is 0.558. The van der Waals surface area contributed by atoms with Crippen molar-refractivity contribution in [3.8, 4) is 0 Å². The van der Waals surface area contributed by atoms with E-state index in [1.807, 2.05) is 6.92 Å². The molecule has 388 valence electrons. The molecule has 3 aromatic carbocycles. The van der Waals surface area contributed by atoms with Crippen LogP contribution in [0.15, 0.2) is 30.4 Å². The zero-order chi connectivity index (χ0) is 50.9. The summed E-state index contributed by atoms with van der Waals surface area (Å²) in [4.78, 5) is 36.7. The number of urea groups is 3. The highest BCUT2D eigenvalue weighted by molar-refractivity contribution is 7.90. The summed E-state index contributed by atoms with van der Waals surface area (Å²) in [7, 11) is -10.9. The van der Waals surface area contributed by atoms with Gasteiger partial charge in [-0.3, -0.25) is 0 Å². The van der Waals surface area contributed by atoms with Crippen molar-refractivity contribution in [2.45, 2.75) is 156 Å². The lowest BCUT2D eigenvalue weighted by molar-refractivity contribution is 0.163. The number of benzene rings is 3. The molecule has 6 amide bonds. The molecule has 9 rings (SSSR count). The van der Waals surface area contributed by atoms with Gasteiger partial charge in [-0.1, -0.05) is 37.1 Å². The van der Waals surface area contributed by atoms with Gasteiger partial charge in [0, 0.05) is 23.7 Å². The lowest BCUT2D eigenvalue weighted by Gasteiger charge is -2.16. The van der Waals surface area contributed by atoms with E-state index in [2.05, 4.69) is 54.9 Å². The Bertz CT molecular complexity index is 2790. The van der Waals surface area contributed by atoms with Gasteiger partial charge in [0.25, 0.3) is 0 Å². The number of aryl methyl sites for hydroxylation is 6. The molecule has 0 saturated heterocycles. The Morgan fingerprint density at radius 3 is 1.06 bits per heavy atom. The van der Waals surface area contributed by atoms with Gasteiger partial charge in [-0.2, -0.15) is 0 Å². The van der Waals surface area contributed by atoms with E-state index in [0.29, 0.717) is 19.4 Å². The summed E-state index contributed by atoms with van der Waals surface area (Å²) in [5.41, 5.74) is 18.3. The topological polar surface area (TPSA) is 235 Å². The first-order valence-electron chi connectivity index (χ1n) is 25.5. The van der Waals surface area contributed by atoms with E-state index >= 15 is 0 Å². The summed E-state index contributed by atoms with van der Waals surface area (Å²) in [6.45, 7) is 9.71. The van der Waals surface area contributed by atoms with Crippen LogP contribution >= 0.6 is 0 Å². The molecule has 6 aliphatic carbocycles. The first-order valence-corrected chi connectivity index (χ1v) is 30.5. The smallest absolute Gasteiger partial charge is 0.332 e. The average Bonchev–Trinajstić information content (AvgIpc) is 4.16. The van der Waals surface area contributed by atoms with Crippen LogP contribution in [0.4, 0.5) is 31.4 Å². The standard InChI is InChI=1S/C18H24N2O3S.C17H24N2O4S.C17H24N2O3S/c1-12(2)9-10-24(22,23)20-18(21)19-17-15-7-3-5-13(15)11-14-6-4-8-16(14)17;1-2-23-9-10-24(21,22)19-17(20)18-16-14-7-3-5-12(14)11-13-6-4-8-15(13)16;1-2-3-10-23(21,22)19-17(20)18-16-14-8-4-6-12(14)11-13-7-5-9-15(13)16/h11H,1,3-10H2,2H3,(H2,19,20,21);11H,2-10H2,1H3,(H2,18,19,20);11H,2-10H2,1H3,(H2,18,19,20). The summed E-state index contributed by atoms with van der Waals surface area (Å²) >= 11 is 0. The van der Waals surface area contributed by atoms with E-state index in [9.17, 15) is 39.6 Å². The monoisotopic (exact) mass is 1040 g/mol. The molecule has 0 bridgehead atoms. The maximum Gasteiger partial charge on any atom is 0.332 e. The van der Waals surface area contributed by atoms with E-state index in [1.54, 1.807) is 13.8 Å². The number of carbonyl (C=O) groups is 3. The maximum atomic E-state index is 12.2. The number of rotatable bonds is 16. The molecule has 0 aromatic heterocycles. The van der Waals surface area contributed by atoms with Crippen LogP contribution in [0.1, 0.15) is 145 Å². The summed E-state index contributed by atoms with van der Waals surface area (Å²) in [5, 5.41) is 8.50. The number of ether oxygens (including phenoxy) is 1. The zero-order valence-corrected chi connectivity index (χ0v) is 44.1. The number of amides is 6. The van der Waals surface area contributed by atoms with E-state index in [4.69, 9.17) is 4.74 Å². The number of hydrogen-bond donors (Lipinski definition) is 6. The third-order valence-electron chi connectivity index (χ3n) is 14.1. The van der Waals surface area contributed by atoms with Crippen LogP contribution in [0.3, 0.4) is 0 Å². The summed E-state index contributed by atoms with van der Waals surface area (Å²) < 4.78 is 83.0. The minimum absolute atomic E-state index is 0.0120. The van der Waals surface area contributed by atoms with Gasteiger partial charge in [0.1, 0.15) is 0 Å². The van der Waals surface area contributed by atoms with Gasteiger partial charge in [0.2, 0.25) is 30.1 Å². The fourth-order valence-electron chi connectivity index (χ4n) is 10.9. The number of unbranched alkanes of at least 4 members (excludes halogenated alkanes) is 1. The maximum absolute atomic E-state index is 12.2. The molecule has 71 heavy (non-hydrogen) atoms. The van der Waals surface area contributed by atoms with E-state index < -0.39 is 48.2 Å². The van der Waals surface area contributed by atoms with Crippen LogP contribution < -0.4 is 30.1 Å². The van der Waals surface area contributed by atoms with Crippen molar-refractivity contribution in [3.05, 3.63) is 97.1 Å². The van der Waals surface area contributed by atoms with Crippen molar-refractivity contribution in [2.24, 2.45) is 0 Å². The number of nitrogens with one attached hydrogen (secondary N) is 6. The van der Waals surface area contributed by atoms with Gasteiger partial charge in [0.15, 0.2) is 0 Å². The number of sulfonamides is 3. The van der Waals surface area contributed by atoms with Gasteiger partial charge >= 0.3 is 18.1 Å². The number of allylic oxidation sites excluding steroid dienone is 1. The molecule has 0 fully saturated rings. The third-order valence-corrected chi connectivity index (χ3v) is 17.9. The van der Waals surface area contributed by atoms with E-state index in [-0.39, 0.29) is 23.9 Å². The minimum Gasteiger partial charge on any atom is -0.381 e. The highest BCUT2D eigenvalue weighted by atomic mass is 32.2. The van der Waals surface area contributed by atoms with Gasteiger partial charge in [-0.05, 0) is 209 Å². The van der Waals surface area contributed by atoms with Crippen LogP contribution in [0.25, 0.3) is 0 Å². The van der Waals surface area contributed by atoms with Crippen molar-refractivity contribution in [1.82, 2.24) is 14.2 Å². The lowest BCUT2D eigenvalue weighted by atomic mass is 9.99. The Hall–Kier alpha value is -4.98. The molecule has 6 aliphatic rings. The molecular weight excluding hydrogens is 965 g/mol. The molecule has 0 heterocycles. The number of hydrogen-bond acceptors (Lipinski definition) is 10. The lowest BCUT2D eigenvalue weighted by Crippen LogP contribution is -2.37. The molecule has 3 aromatic rings.